The van der Waals surface area contributed by atoms with Crippen LogP contribution in [0.5, 0.6) is 5.75 Å². The molecule has 25 heavy (non-hydrogen) atoms. The maximum atomic E-state index is 12.6. The molecule has 2 aliphatic rings. The van der Waals surface area contributed by atoms with Crippen molar-refractivity contribution in [1.29, 1.82) is 0 Å². The second-order valence-corrected chi connectivity index (χ2v) is 7.02. The van der Waals surface area contributed by atoms with Crippen LogP contribution in [0.2, 0.25) is 0 Å². The van der Waals surface area contributed by atoms with Crippen LogP contribution in [0, 0.1) is 0 Å². The van der Waals surface area contributed by atoms with Crippen molar-refractivity contribution in [3.63, 3.8) is 0 Å². The third kappa shape index (κ3) is 4.22. The van der Waals surface area contributed by atoms with Gasteiger partial charge in [0.2, 0.25) is 5.91 Å². The first kappa shape index (κ1) is 18.0. The van der Waals surface area contributed by atoms with Crippen LogP contribution in [0.15, 0.2) is 36.9 Å². The molecule has 1 spiro atoms. The Morgan fingerprint density at radius 2 is 2.20 bits per heavy atom. The third-order valence-electron chi connectivity index (χ3n) is 5.14. The van der Waals surface area contributed by atoms with Gasteiger partial charge in [0.25, 0.3) is 0 Å². The Balaban J connectivity index is 1.87. The van der Waals surface area contributed by atoms with E-state index in [1.807, 2.05) is 35.2 Å². The summed E-state index contributed by atoms with van der Waals surface area (Å²) in [5.74, 6) is 0.932. The van der Waals surface area contributed by atoms with Crippen LogP contribution in [-0.2, 0) is 16.1 Å². The highest BCUT2D eigenvalue weighted by Gasteiger charge is 2.40. The van der Waals surface area contributed by atoms with Crippen molar-refractivity contribution < 1.29 is 14.3 Å². The van der Waals surface area contributed by atoms with Crippen molar-refractivity contribution in [2.75, 3.05) is 39.9 Å². The number of ether oxygens (including phenoxy) is 2. The minimum absolute atomic E-state index is 0.0226. The van der Waals surface area contributed by atoms with E-state index in [1.165, 1.54) is 0 Å². The molecule has 0 aliphatic carbocycles. The number of hydrogen-bond acceptors (Lipinski definition) is 4. The zero-order chi connectivity index (χ0) is 17.7. The van der Waals surface area contributed by atoms with E-state index < -0.39 is 0 Å². The van der Waals surface area contributed by atoms with Crippen LogP contribution in [0.4, 0.5) is 0 Å². The smallest absolute Gasteiger partial charge is 0.248 e. The number of fused-ring (bicyclic) bond motifs is 1. The minimum Gasteiger partial charge on any atom is -0.485 e. The van der Waals surface area contributed by atoms with Crippen LogP contribution < -0.4 is 4.74 Å². The van der Waals surface area contributed by atoms with Gasteiger partial charge in [0.05, 0.1) is 6.54 Å². The Labute approximate surface area is 150 Å². The average Bonchev–Trinajstić information content (AvgIpc) is 2.89. The lowest BCUT2D eigenvalue weighted by Gasteiger charge is -2.35. The predicted molar refractivity (Wildman–Crippen MR) is 97.6 cm³/mol. The molecule has 5 nitrogen and oxygen atoms in total. The van der Waals surface area contributed by atoms with Crippen molar-refractivity contribution >= 4 is 5.91 Å². The van der Waals surface area contributed by atoms with Gasteiger partial charge in [-0.25, -0.2) is 0 Å². The molecule has 1 aromatic carbocycles. The molecule has 5 heteroatoms. The fourth-order valence-electron chi connectivity index (χ4n) is 3.85. The predicted octanol–water partition coefficient (Wildman–Crippen LogP) is 2.46. The molecular weight excluding hydrogens is 316 g/mol. The quantitative estimate of drug-likeness (QED) is 0.787. The molecule has 1 aromatic rings. The Morgan fingerprint density at radius 1 is 1.36 bits per heavy atom. The average molecular weight is 344 g/mol. The van der Waals surface area contributed by atoms with Gasteiger partial charge in [0.1, 0.15) is 18.0 Å². The van der Waals surface area contributed by atoms with Gasteiger partial charge < -0.3 is 14.4 Å². The molecule has 1 atom stereocenters. The molecule has 3 rings (SSSR count). The highest BCUT2D eigenvalue weighted by molar-refractivity contribution is 5.77. The molecule has 0 N–H and O–H groups in total. The van der Waals surface area contributed by atoms with E-state index in [2.05, 4.69) is 11.5 Å². The first-order valence-corrected chi connectivity index (χ1v) is 9.03. The lowest BCUT2D eigenvalue weighted by Crippen LogP contribution is -2.48. The van der Waals surface area contributed by atoms with Crippen LogP contribution in [0.25, 0.3) is 0 Å². The van der Waals surface area contributed by atoms with Gasteiger partial charge >= 0.3 is 0 Å². The Kier molecular flexibility index (Phi) is 5.76. The van der Waals surface area contributed by atoms with E-state index in [4.69, 9.17) is 9.47 Å². The SMILES string of the molecule is C=CCN1CCCC2(CC1)CN(C(=O)COC)Cc1ccccc1O2. The number of benzene rings is 1. The molecule has 136 valence electrons. The molecular formula is C20H28N2O3. The van der Waals surface area contributed by atoms with Gasteiger partial charge in [0.15, 0.2) is 0 Å². The molecule has 2 heterocycles. The van der Waals surface area contributed by atoms with Gasteiger partial charge in [0, 0.05) is 38.7 Å². The monoisotopic (exact) mass is 344 g/mol. The molecule has 1 unspecified atom stereocenters. The molecule has 1 saturated heterocycles. The normalized spacial score (nSPS) is 24.1. The van der Waals surface area contributed by atoms with Gasteiger partial charge in [-0.15, -0.1) is 6.58 Å². The Hall–Kier alpha value is -1.85. The minimum atomic E-state index is -0.327. The van der Waals surface area contributed by atoms with Gasteiger partial charge in [-0.1, -0.05) is 24.3 Å². The van der Waals surface area contributed by atoms with Crippen molar-refractivity contribution in [1.82, 2.24) is 9.80 Å². The van der Waals surface area contributed by atoms with Crippen LogP contribution in [0.1, 0.15) is 24.8 Å². The topological polar surface area (TPSA) is 42.0 Å². The zero-order valence-electron chi connectivity index (χ0n) is 15.1. The fourth-order valence-corrected chi connectivity index (χ4v) is 3.85. The number of nitrogens with zero attached hydrogens (tertiary/aromatic N) is 2. The van der Waals surface area contributed by atoms with Gasteiger partial charge in [-0.05, 0) is 25.5 Å². The lowest BCUT2D eigenvalue weighted by atomic mass is 9.93. The fraction of sp³-hybridized carbons (Fsp3) is 0.550. The van der Waals surface area contributed by atoms with E-state index in [0.29, 0.717) is 13.1 Å². The number of rotatable bonds is 4. The third-order valence-corrected chi connectivity index (χ3v) is 5.14. The largest absolute Gasteiger partial charge is 0.485 e. The second kappa shape index (κ2) is 8.02. The summed E-state index contributed by atoms with van der Waals surface area (Å²) in [6.45, 7) is 8.07. The molecule has 0 aromatic heterocycles. The zero-order valence-corrected chi connectivity index (χ0v) is 15.1. The highest BCUT2D eigenvalue weighted by Crippen LogP contribution is 2.35. The van der Waals surface area contributed by atoms with Crippen molar-refractivity contribution in [2.24, 2.45) is 0 Å². The molecule has 0 radical (unpaired) electrons. The summed E-state index contributed by atoms with van der Waals surface area (Å²) in [5.41, 5.74) is 0.738. The summed E-state index contributed by atoms with van der Waals surface area (Å²) >= 11 is 0. The molecule has 1 amide bonds. The second-order valence-electron chi connectivity index (χ2n) is 7.02. The summed E-state index contributed by atoms with van der Waals surface area (Å²) in [7, 11) is 1.56. The molecule has 0 saturated carbocycles. The van der Waals surface area contributed by atoms with E-state index in [0.717, 1.165) is 50.2 Å². The van der Waals surface area contributed by atoms with Crippen LogP contribution in [-0.4, -0.2) is 61.2 Å². The van der Waals surface area contributed by atoms with Crippen molar-refractivity contribution in [3.8, 4) is 5.75 Å². The summed E-state index contributed by atoms with van der Waals surface area (Å²) in [6, 6.07) is 8.06. The number of carbonyl (C=O) groups excluding carboxylic acids is 1. The molecule has 2 aliphatic heterocycles. The van der Waals surface area contributed by atoms with E-state index in [-0.39, 0.29) is 18.1 Å². The van der Waals surface area contributed by atoms with Gasteiger partial charge in [-0.2, -0.15) is 0 Å². The number of methoxy groups -OCH3 is 1. The van der Waals surface area contributed by atoms with Crippen LogP contribution >= 0.6 is 0 Å². The summed E-state index contributed by atoms with van der Waals surface area (Å²) < 4.78 is 11.6. The van der Waals surface area contributed by atoms with Gasteiger partial charge in [-0.3, -0.25) is 9.69 Å². The maximum absolute atomic E-state index is 12.6. The Bertz CT molecular complexity index is 619. The molecule has 1 fully saturated rings. The lowest BCUT2D eigenvalue weighted by molar-refractivity contribution is -0.138. The number of likely N-dealkylation sites (tertiary alicyclic amines) is 1. The number of carbonyl (C=O) groups is 1. The summed E-state index contributed by atoms with van der Waals surface area (Å²) in [5, 5.41) is 0. The number of hydrogen-bond donors (Lipinski definition) is 0. The number of para-hydroxylation sites is 1. The van der Waals surface area contributed by atoms with E-state index in [9.17, 15) is 4.79 Å². The number of amides is 1. The van der Waals surface area contributed by atoms with E-state index in [1.54, 1.807) is 7.11 Å². The van der Waals surface area contributed by atoms with Crippen LogP contribution in [0.3, 0.4) is 0 Å². The first-order valence-electron chi connectivity index (χ1n) is 9.03. The van der Waals surface area contributed by atoms with Crippen molar-refractivity contribution in [3.05, 3.63) is 42.5 Å². The van der Waals surface area contributed by atoms with E-state index >= 15 is 0 Å². The maximum Gasteiger partial charge on any atom is 0.248 e. The highest BCUT2D eigenvalue weighted by atomic mass is 16.5. The Morgan fingerprint density at radius 3 is 3.00 bits per heavy atom. The summed E-state index contributed by atoms with van der Waals surface area (Å²) in [4.78, 5) is 16.9. The first-order chi connectivity index (χ1) is 12.2. The molecule has 0 bridgehead atoms. The summed E-state index contributed by atoms with van der Waals surface area (Å²) in [6.07, 6.45) is 4.87. The van der Waals surface area contributed by atoms with Crippen molar-refractivity contribution in [2.45, 2.75) is 31.4 Å². The standard InChI is InChI=1S/C20H28N2O3/c1-3-11-21-12-6-9-20(10-13-21)16-22(19(23)15-24-2)14-17-7-4-5-8-18(17)25-20/h3-5,7-8H,1,6,9-16H2,2H3.